The van der Waals surface area contributed by atoms with Crippen LogP contribution in [-0.2, 0) is 16.8 Å². The molecular weight excluding hydrogens is 131 g/mol. The van der Waals surface area contributed by atoms with Crippen molar-refractivity contribution in [3.05, 3.63) is 6.92 Å². The first-order valence-electron chi connectivity index (χ1n) is 2.71. The Kier molecular flexibility index (Phi) is 14.5. The Morgan fingerprint density at radius 3 is 2.00 bits per heavy atom. The van der Waals surface area contributed by atoms with E-state index in [1.165, 1.54) is 19.3 Å². The third-order valence-corrected chi connectivity index (χ3v) is 0.854. The van der Waals surface area contributed by atoms with E-state index in [0.29, 0.717) is 0 Å². The molecule has 0 aromatic heterocycles. The van der Waals surface area contributed by atoms with Crippen LogP contribution >= 0.6 is 0 Å². The maximum Gasteiger partial charge on any atom is 0 e. The van der Waals surface area contributed by atoms with Crippen LogP contribution < -0.4 is 0 Å². The molecule has 0 aromatic rings. The zero-order valence-electron chi connectivity index (χ0n) is 4.87. The molecule has 0 saturated carbocycles. The summed E-state index contributed by atoms with van der Waals surface area (Å²) in [5.74, 6) is 0. The number of unbranched alkanes of at least 4 members (excludes halogenated alkanes) is 3. The molecule has 0 bridgehead atoms. The van der Waals surface area contributed by atoms with Crippen LogP contribution in [0.25, 0.3) is 0 Å². The molecule has 7 heavy (non-hydrogen) atoms. The molecule has 0 aliphatic heterocycles. The van der Waals surface area contributed by atoms with Gasteiger partial charge in [0.2, 0.25) is 0 Å². The monoisotopic (exact) mass is 144 g/mol. The Hall–Kier alpha value is 0.506. The van der Waals surface area contributed by atoms with Gasteiger partial charge in [-0.25, -0.2) is 0 Å². The van der Waals surface area contributed by atoms with Crippen LogP contribution in [0, 0.1) is 6.92 Å². The first-order valence-corrected chi connectivity index (χ1v) is 2.71. The van der Waals surface area contributed by atoms with Crippen molar-refractivity contribution in [2.45, 2.75) is 32.6 Å². The summed E-state index contributed by atoms with van der Waals surface area (Å²) in [5, 5.41) is 0. The van der Waals surface area contributed by atoms with Crippen molar-refractivity contribution in [2.24, 2.45) is 0 Å². The fourth-order valence-corrected chi connectivity index (χ4v) is 0.427. The van der Waals surface area contributed by atoms with Crippen molar-refractivity contribution in [3.8, 4) is 0 Å². The van der Waals surface area contributed by atoms with E-state index in [1.807, 2.05) is 0 Å². The van der Waals surface area contributed by atoms with Gasteiger partial charge in [0.05, 0.1) is 0 Å². The molecule has 0 aromatic carbocycles. The van der Waals surface area contributed by atoms with Crippen LogP contribution in [0.1, 0.15) is 32.6 Å². The quantitative estimate of drug-likeness (QED) is 0.533. The Labute approximate surface area is 56.9 Å². The van der Waals surface area contributed by atoms with Crippen molar-refractivity contribution in [1.82, 2.24) is 0 Å². The van der Waals surface area contributed by atoms with Crippen molar-refractivity contribution >= 4 is 0 Å². The van der Waals surface area contributed by atoms with E-state index in [1.54, 1.807) is 0 Å². The third-order valence-electron chi connectivity index (χ3n) is 0.854. The molecule has 0 fully saturated rings. The van der Waals surface area contributed by atoms with E-state index in [-0.39, 0.29) is 16.8 Å². The summed E-state index contributed by atoms with van der Waals surface area (Å²) < 4.78 is 0. The smallest absolute Gasteiger partial charge is 0 e. The number of hydrogen-bond donors (Lipinski definition) is 0. The summed E-state index contributed by atoms with van der Waals surface area (Å²) in [5.41, 5.74) is 0. The molecule has 0 rings (SSSR count). The van der Waals surface area contributed by atoms with Crippen LogP contribution in [-0.4, -0.2) is 0 Å². The van der Waals surface area contributed by atoms with Gasteiger partial charge in [-0.15, -0.1) is 0 Å². The average molecular weight is 144 g/mol. The SMILES string of the molecule is [CH2]CCCCC.[Co]. The summed E-state index contributed by atoms with van der Waals surface area (Å²) in [6.07, 6.45) is 5.07. The molecule has 2 radical (unpaired) electrons. The van der Waals surface area contributed by atoms with Crippen molar-refractivity contribution in [3.63, 3.8) is 0 Å². The summed E-state index contributed by atoms with van der Waals surface area (Å²) in [4.78, 5) is 0. The Morgan fingerprint density at radius 2 is 1.86 bits per heavy atom. The van der Waals surface area contributed by atoms with Gasteiger partial charge in [-0.1, -0.05) is 39.5 Å². The second-order valence-corrected chi connectivity index (χ2v) is 1.56. The minimum Gasteiger partial charge on any atom is -0.0654 e. The molecule has 0 unspecified atom stereocenters. The molecule has 0 nitrogen and oxygen atoms in total. The summed E-state index contributed by atoms with van der Waals surface area (Å²) in [7, 11) is 0. The number of hydrogen-bond acceptors (Lipinski definition) is 0. The summed E-state index contributed by atoms with van der Waals surface area (Å²) in [6, 6.07) is 0. The fourth-order valence-electron chi connectivity index (χ4n) is 0.427. The molecule has 0 saturated heterocycles. The molecular formula is C6H13Co. The third kappa shape index (κ3) is 10.7. The van der Waals surface area contributed by atoms with Crippen LogP contribution in [0.4, 0.5) is 0 Å². The Morgan fingerprint density at radius 1 is 1.29 bits per heavy atom. The first kappa shape index (κ1) is 10.5. The topological polar surface area (TPSA) is 0 Å². The van der Waals surface area contributed by atoms with Gasteiger partial charge < -0.3 is 0 Å². The van der Waals surface area contributed by atoms with E-state index >= 15 is 0 Å². The van der Waals surface area contributed by atoms with Crippen LogP contribution in [0.15, 0.2) is 0 Å². The number of rotatable bonds is 3. The molecule has 0 spiro atoms. The second kappa shape index (κ2) is 9.71. The normalized spacial score (nSPS) is 7.71. The van der Waals surface area contributed by atoms with Gasteiger partial charge in [-0.2, -0.15) is 0 Å². The van der Waals surface area contributed by atoms with Gasteiger partial charge in [0.25, 0.3) is 0 Å². The standard InChI is InChI=1S/C6H13.Co/c1-3-5-6-4-2;/h1,3-6H2,2H3;. The predicted octanol–water partition coefficient (Wildman–Crippen LogP) is 2.40. The van der Waals surface area contributed by atoms with E-state index in [2.05, 4.69) is 13.8 Å². The zero-order valence-corrected chi connectivity index (χ0v) is 5.91. The van der Waals surface area contributed by atoms with Crippen molar-refractivity contribution in [1.29, 1.82) is 0 Å². The van der Waals surface area contributed by atoms with Gasteiger partial charge in [0.15, 0.2) is 0 Å². The maximum absolute atomic E-state index is 3.72. The van der Waals surface area contributed by atoms with E-state index in [4.69, 9.17) is 0 Å². The molecule has 0 atom stereocenters. The van der Waals surface area contributed by atoms with Crippen molar-refractivity contribution in [2.75, 3.05) is 0 Å². The largest absolute Gasteiger partial charge is 0.0654 e. The molecule has 46 valence electrons. The van der Waals surface area contributed by atoms with Gasteiger partial charge in [0, 0.05) is 16.8 Å². The van der Waals surface area contributed by atoms with E-state index in [0.717, 1.165) is 6.42 Å². The molecule has 0 N–H and O–H groups in total. The molecule has 0 heterocycles. The van der Waals surface area contributed by atoms with Gasteiger partial charge >= 0.3 is 0 Å². The Bertz CT molecular complexity index is 16.1. The molecule has 1 heteroatoms. The minimum absolute atomic E-state index is 0. The van der Waals surface area contributed by atoms with Gasteiger partial charge in [0.1, 0.15) is 0 Å². The van der Waals surface area contributed by atoms with E-state index in [9.17, 15) is 0 Å². The summed E-state index contributed by atoms with van der Waals surface area (Å²) in [6.45, 7) is 5.93. The minimum atomic E-state index is 0. The van der Waals surface area contributed by atoms with Crippen molar-refractivity contribution < 1.29 is 16.8 Å². The second-order valence-electron chi connectivity index (χ2n) is 1.56. The van der Waals surface area contributed by atoms with Gasteiger partial charge in [-0.05, 0) is 0 Å². The van der Waals surface area contributed by atoms with E-state index < -0.39 is 0 Å². The molecule has 0 amide bonds. The maximum atomic E-state index is 3.72. The first-order chi connectivity index (χ1) is 2.91. The molecule has 0 aliphatic rings. The van der Waals surface area contributed by atoms with Crippen LogP contribution in [0.5, 0.6) is 0 Å². The van der Waals surface area contributed by atoms with Crippen LogP contribution in [0.2, 0.25) is 0 Å². The van der Waals surface area contributed by atoms with Gasteiger partial charge in [-0.3, -0.25) is 0 Å². The van der Waals surface area contributed by atoms with Crippen LogP contribution in [0.3, 0.4) is 0 Å². The zero-order chi connectivity index (χ0) is 4.83. The Balaban J connectivity index is 0. The fraction of sp³-hybridized carbons (Fsp3) is 0.833. The molecule has 0 aliphatic carbocycles. The summed E-state index contributed by atoms with van der Waals surface area (Å²) >= 11 is 0. The predicted molar refractivity (Wildman–Crippen MR) is 29.5 cm³/mol. The average Bonchev–Trinajstić information content (AvgIpc) is 1.61.